The number of halogens is 1. The van der Waals surface area contributed by atoms with E-state index in [1.165, 1.54) is 18.2 Å². The van der Waals surface area contributed by atoms with Crippen LogP contribution >= 0.6 is 0 Å². The Hall–Kier alpha value is -2.90. The van der Waals surface area contributed by atoms with Gasteiger partial charge in [0, 0.05) is 6.07 Å². The van der Waals surface area contributed by atoms with Crippen molar-refractivity contribution in [1.82, 2.24) is 10.5 Å². The Bertz CT molecular complexity index is 672. The van der Waals surface area contributed by atoms with Crippen molar-refractivity contribution in [3.8, 4) is 5.75 Å². The molecule has 22 heavy (non-hydrogen) atoms. The minimum Gasteiger partial charge on any atom is -0.481 e. The first kappa shape index (κ1) is 15.5. The fourth-order valence-corrected chi connectivity index (χ4v) is 1.55. The van der Waals surface area contributed by atoms with Crippen LogP contribution in [0.4, 0.5) is 10.2 Å². The topological polar surface area (TPSA) is 93.5 Å². The molecule has 0 aliphatic carbocycles. The number of carbonyl (C=O) groups is 2. The maximum atomic E-state index is 13.3. The van der Waals surface area contributed by atoms with Gasteiger partial charge in [0.2, 0.25) is 5.91 Å². The molecule has 2 N–H and O–H groups in total. The number of aromatic nitrogens is 1. The first-order valence-corrected chi connectivity index (χ1v) is 6.42. The van der Waals surface area contributed by atoms with Crippen LogP contribution in [0, 0.1) is 12.7 Å². The molecule has 2 rings (SSSR count). The molecule has 8 heteroatoms. The fourth-order valence-electron chi connectivity index (χ4n) is 1.55. The van der Waals surface area contributed by atoms with Gasteiger partial charge in [0.25, 0.3) is 5.91 Å². The molecule has 1 aromatic carbocycles. The molecule has 0 bridgehead atoms. The molecule has 0 spiro atoms. The SMILES string of the molecule is Cc1cc(NC(=O)CNC(=O)COc2ccccc2F)no1. The van der Waals surface area contributed by atoms with E-state index < -0.39 is 24.2 Å². The second-order valence-electron chi connectivity index (χ2n) is 4.37. The highest BCUT2D eigenvalue weighted by Crippen LogP contribution is 2.14. The van der Waals surface area contributed by atoms with Crippen LogP contribution in [-0.4, -0.2) is 30.1 Å². The van der Waals surface area contributed by atoms with Gasteiger partial charge in [0.1, 0.15) is 5.76 Å². The Labute approximate surface area is 125 Å². The van der Waals surface area contributed by atoms with Gasteiger partial charge in [-0.1, -0.05) is 17.3 Å². The molecule has 0 radical (unpaired) electrons. The van der Waals surface area contributed by atoms with Gasteiger partial charge in [-0.3, -0.25) is 9.59 Å². The molecular formula is C14H14FN3O4. The number of amides is 2. The van der Waals surface area contributed by atoms with Crippen molar-refractivity contribution < 1.29 is 23.2 Å². The lowest BCUT2D eigenvalue weighted by Crippen LogP contribution is -2.35. The molecule has 116 valence electrons. The van der Waals surface area contributed by atoms with Crippen molar-refractivity contribution in [2.45, 2.75) is 6.92 Å². The van der Waals surface area contributed by atoms with E-state index in [4.69, 9.17) is 9.26 Å². The summed E-state index contributed by atoms with van der Waals surface area (Å²) in [7, 11) is 0. The summed E-state index contributed by atoms with van der Waals surface area (Å²) in [6, 6.07) is 7.27. The standard InChI is InChI=1S/C14H14FN3O4/c1-9-6-12(18-22-9)17-13(19)7-16-14(20)8-21-11-5-3-2-4-10(11)15/h2-6H,7-8H2,1H3,(H,16,20)(H,17,18,19). The van der Waals surface area contributed by atoms with E-state index >= 15 is 0 Å². The summed E-state index contributed by atoms with van der Waals surface area (Å²) in [5.41, 5.74) is 0. The van der Waals surface area contributed by atoms with E-state index in [1.54, 1.807) is 19.1 Å². The predicted molar refractivity (Wildman–Crippen MR) is 74.8 cm³/mol. The van der Waals surface area contributed by atoms with Crippen LogP contribution in [0.2, 0.25) is 0 Å². The highest BCUT2D eigenvalue weighted by Gasteiger charge is 2.09. The minimum absolute atomic E-state index is 0.0276. The first-order valence-electron chi connectivity index (χ1n) is 6.42. The van der Waals surface area contributed by atoms with Gasteiger partial charge in [-0.2, -0.15) is 0 Å². The molecule has 1 heterocycles. The highest BCUT2D eigenvalue weighted by atomic mass is 19.1. The van der Waals surface area contributed by atoms with E-state index in [0.717, 1.165) is 0 Å². The summed E-state index contributed by atoms with van der Waals surface area (Å²) >= 11 is 0. The molecule has 1 aromatic heterocycles. The smallest absolute Gasteiger partial charge is 0.258 e. The molecule has 0 aliphatic rings. The zero-order valence-corrected chi connectivity index (χ0v) is 11.8. The van der Waals surface area contributed by atoms with Crippen LogP contribution in [0.1, 0.15) is 5.76 Å². The van der Waals surface area contributed by atoms with Crippen molar-refractivity contribution >= 4 is 17.6 Å². The predicted octanol–water partition coefficient (Wildman–Crippen LogP) is 1.26. The van der Waals surface area contributed by atoms with Gasteiger partial charge < -0.3 is 19.9 Å². The van der Waals surface area contributed by atoms with Gasteiger partial charge in [-0.15, -0.1) is 0 Å². The third kappa shape index (κ3) is 4.58. The van der Waals surface area contributed by atoms with Gasteiger partial charge in [-0.25, -0.2) is 4.39 Å². The molecule has 0 atom stereocenters. The zero-order chi connectivity index (χ0) is 15.9. The Kier molecular flexibility index (Phi) is 5.07. The third-order valence-electron chi connectivity index (χ3n) is 2.54. The number of ether oxygens (including phenoxy) is 1. The lowest BCUT2D eigenvalue weighted by atomic mass is 10.3. The second kappa shape index (κ2) is 7.21. The van der Waals surface area contributed by atoms with Gasteiger partial charge in [0.05, 0.1) is 6.54 Å². The Morgan fingerprint density at radius 3 is 2.77 bits per heavy atom. The quantitative estimate of drug-likeness (QED) is 0.838. The monoisotopic (exact) mass is 307 g/mol. The highest BCUT2D eigenvalue weighted by molar-refractivity contribution is 5.93. The van der Waals surface area contributed by atoms with Crippen molar-refractivity contribution in [3.63, 3.8) is 0 Å². The molecule has 2 aromatic rings. The molecule has 0 saturated heterocycles. The Morgan fingerprint density at radius 1 is 1.32 bits per heavy atom. The van der Waals surface area contributed by atoms with E-state index in [0.29, 0.717) is 5.76 Å². The number of rotatable bonds is 6. The Morgan fingerprint density at radius 2 is 2.09 bits per heavy atom. The number of para-hydroxylation sites is 1. The number of aryl methyl sites for hydroxylation is 1. The van der Waals surface area contributed by atoms with Crippen molar-refractivity contribution in [2.24, 2.45) is 0 Å². The summed E-state index contributed by atoms with van der Waals surface area (Å²) in [5.74, 6) is -0.783. The van der Waals surface area contributed by atoms with Crippen molar-refractivity contribution in [1.29, 1.82) is 0 Å². The van der Waals surface area contributed by atoms with Crippen molar-refractivity contribution in [2.75, 3.05) is 18.5 Å². The molecule has 0 unspecified atom stereocenters. The second-order valence-corrected chi connectivity index (χ2v) is 4.37. The fraction of sp³-hybridized carbons (Fsp3) is 0.214. The lowest BCUT2D eigenvalue weighted by Gasteiger charge is -2.07. The van der Waals surface area contributed by atoms with E-state index in [9.17, 15) is 14.0 Å². The number of hydrogen-bond acceptors (Lipinski definition) is 5. The summed E-state index contributed by atoms with van der Waals surface area (Å²) in [6.07, 6.45) is 0. The maximum Gasteiger partial charge on any atom is 0.258 e. The summed E-state index contributed by atoms with van der Waals surface area (Å²) in [6.45, 7) is 1.03. The largest absolute Gasteiger partial charge is 0.481 e. The molecule has 0 saturated carbocycles. The average Bonchev–Trinajstić information content (AvgIpc) is 2.89. The molecule has 0 aliphatic heterocycles. The number of carbonyl (C=O) groups excluding carboxylic acids is 2. The zero-order valence-electron chi connectivity index (χ0n) is 11.8. The maximum absolute atomic E-state index is 13.3. The molecule has 0 fully saturated rings. The van der Waals surface area contributed by atoms with E-state index in [-0.39, 0.29) is 18.1 Å². The van der Waals surface area contributed by atoms with Crippen LogP contribution in [0.5, 0.6) is 5.75 Å². The van der Waals surface area contributed by atoms with Crippen LogP contribution in [0.3, 0.4) is 0 Å². The van der Waals surface area contributed by atoms with Gasteiger partial charge in [0.15, 0.2) is 24.0 Å². The van der Waals surface area contributed by atoms with Crippen LogP contribution < -0.4 is 15.4 Å². The van der Waals surface area contributed by atoms with Crippen LogP contribution in [-0.2, 0) is 9.59 Å². The number of nitrogens with one attached hydrogen (secondary N) is 2. The number of anilines is 1. The molecule has 2 amide bonds. The number of hydrogen-bond donors (Lipinski definition) is 2. The summed E-state index contributed by atoms with van der Waals surface area (Å²) < 4.78 is 23.1. The number of benzene rings is 1. The average molecular weight is 307 g/mol. The Balaban J connectivity index is 1.71. The molecule has 7 nitrogen and oxygen atoms in total. The first-order chi connectivity index (χ1) is 10.5. The normalized spacial score (nSPS) is 10.1. The minimum atomic E-state index is -0.561. The van der Waals surface area contributed by atoms with Crippen LogP contribution in [0.15, 0.2) is 34.9 Å². The van der Waals surface area contributed by atoms with E-state index in [1.807, 2.05) is 0 Å². The van der Waals surface area contributed by atoms with Gasteiger partial charge in [-0.05, 0) is 19.1 Å². The van der Waals surface area contributed by atoms with Crippen LogP contribution in [0.25, 0.3) is 0 Å². The van der Waals surface area contributed by atoms with E-state index in [2.05, 4.69) is 15.8 Å². The molecular weight excluding hydrogens is 293 g/mol. The summed E-state index contributed by atoms with van der Waals surface area (Å²) in [5, 5.41) is 8.37. The number of nitrogens with zero attached hydrogens (tertiary/aromatic N) is 1. The lowest BCUT2D eigenvalue weighted by molar-refractivity contribution is -0.125. The summed E-state index contributed by atoms with van der Waals surface area (Å²) in [4.78, 5) is 23.1. The van der Waals surface area contributed by atoms with Gasteiger partial charge >= 0.3 is 0 Å². The van der Waals surface area contributed by atoms with Crippen molar-refractivity contribution in [3.05, 3.63) is 41.9 Å². The third-order valence-corrected chi connectivity index (χ3v) is 2.54.